The van der Waals surface area contributed by atoms with Gasteiger partial charge >= 0.3 is 0 Å². The van der Waals surface area contributed by atoms with Crippen LogP contribution in [0.1, 0.15) is 10.6 Å². The van der Waals surface area contributed by atoms with E-state index >= 15 is 0 Å². The molecule has 0 aliphatic heterocycles. The molecule has 0 spiro atoms. The van der Waals surface area contributed by atoms with Gasteiger partial charge in [-0.25, -0.2) is 0 Å². The minimum Gasteiger partial charge on any atom is -0.508 e. The summed E-state index contributed by atoms with van der Waals surface area (Å²) in [5, 5.41) is 9.16. The molecule has 1 amide bonds. The first-order chi connectivity index (χ1) is 8.08. The van der Waals surface area contributed by atoms with Gasteiger partial charge in [0.25, 0.3) is 5.91 Å². The number of aromatic hydroxyl groups is 1. The van der Waals surface area contributed by atoms with Crippen LogP contribution in [-0.4, -0.2) is 18.1 Å². The molecule has 1 aromatic heterocycles. The van der Waals surface area contributed by atoms with Crippen LogP contribution >= 0.6 is 0 Å². The summed E-state index contributed by atoms with van der Waals surface area (Å²) >= 11 is 0. The molecule has 1 heterocycles. The van der Waals surface area contributed by atoms with Gasteiger partial charge in [-0.1, -0.05) is 0 Å². The van der Waals surface area contributed by atoms with Crippen LogP contribution < -0.4 is 10.6 Å². The number of hydrogen-bond acceptors (Lipinski definition) is 4. The van der Waals surface area contributed by atoms with Crippen LogP contribution in [0.2, 0.25) is 0 Å². The fourth-order valence-electron chi connectivity index (χ4n) is 1.43. The van der Waals surface area contributed by atoms with Crippen LogP contribution in [0.25, 0.3) is 0 Å². The molecular weight excluding hydrogens is 220 g/mol. The summed E-state index contributed by atoms with van der Waals surface area (Å²) in [7, 11) is 1.62. The first kappa shape index (κ1) is 11.1. The average Bonchev–Trinajstić information content (AvgIpc) is 2.75. The van der Waals surface area contributed by atoms with Crippen molar-refractivity contribution in [2.24, 2.45) is 0 Å². The third-order valence-electron chi connectivity index (χ3n) is 2.38. The van der Waals surface area contributed by atoms with E-state index in [9.17, 15) is 4.79 Å². The summed E-state index contributed by atoms with van der Waals surface area (Å²) in [6, 6.07) is 9.34. The van der Waals surface area contributed by atoms with Gasteiger partial charge in [0.1, 0.15) is 5.75 Å². The van der Waals surface area contributed by atoms with Crippen molar-refractivity contribution in [1.82, 2.24) is 0 Å². The molecule has 3 N–H and O–H groups in total. The van der Waals surface area contributed by atoms with Gasteiger partial charge in [0, 0.05) is 18.8 Å². The van der Waals surface area contributed by atoms with Gasteiger partial charge < -0.3 is 20.2 Å². The number of nitrogen functional groups attached to an aromatic ring is 1. The van der Waals surface area contributed by atoms with Gasteiger partial charge in [0.2, 0.25) is 0 Å². The van der Waals surface area contributed by atoms with E-state index in [1.807, 2.05) is 0 Å². The Bertz CT molecular complexity index is 531. The molecule has 0 fully saturated rings. The van der Waals surface area contributed by atoms with E-state index in [1.54, 1.807) is 19.2 Å². The van der Waals surface area contributed by atoms with E-state index in [-0.39, 0.29) is 23.3 Å². The number of rotatable bonds is 2. The number of anilines is 2. The Morgan fingerprint density at radius 2 is 1.88 bits per heavy atom. The summed E-state index contributed by atoms with van der Waals surface area (Å²) in [5.74, 6) is 0.231. The summed E-state index contributed by atoms with van der Waals surface area (Å²) in [6.07, 6.45) is 0. The molecular formula is C12H12N2O3. The molecule has 0 radical (unpaired) electrons. The van der Waals surface area contributed by atoms with Crippen molar-refractivity contribution in [3.05, 3.63) is 42.2 Å². The molecule has 0 bridgehead atoms. The van der Waals surface area contributed by atoms with Crippen molar-refractivity contribution in [3.63, 3.8) is 0 Å². The zero-order chi connectivity index (χ0) is 12.4. The highest BCUT2D eigenvalue weighted by molar-refractivity contribution is 6.04. The van der Waals surface area contributed by atoms with E-state index in [4.69, 9.17) is 15.3 Å². The maximum absolute atomic E-state index is 12.0. The first-order valence-electron chi connectivity index (χ1n) is 5.00. The molecule has 1 aromatic carbocycles. The molecule has 0 saturated carbocycles. The molecule has 0 aliphatic carbocycles. The van der Waals surface area contributed by atoms with Crippen LogP contribution in [0, 0.1) is 0 Å². The van der Waals surface area contributed by atoms with Gasteiger partial charge in [0.15, 0.2) is 11.6 Å². The molecule has 5 nitrogen and oxygen atoms in total. The number of phenols is 1. The second-order valence-electron chi connectivity index (χ2n) is 3.58. The zero-order valence-electron chi connectivity index (χ0n) is 9.25. The van der Waals surface area contributed by atoms with Crippen LogP contribution in [0.15, 0.2) is 40.8 Å². The molecule has 0 unspecified atom stereocenters. The van der Waals surface area contributed by atoms with E-state index in [0.717, 1.165) is 0 Å². The minimum absolute atomic E-state index is 0.150. The zero-order valence-corrected chi connectivity index (χ0v) is 9.25. The van der Waals surface area contributed by atoms with Gasteiger partial charge in [0.05, 0.1) is 0 Å². The van der Waals surface area contributed by atoms with Crippen LogP contribution in [0.5, 0.6) is 5.75 Å². The molecule has 17 heavy (non-hydrogen) atoms. The Labute approximate surface area is 98.1 Å². The lowest BCUT2D eigenvalue weighted by Gasteiger charge is -2.15. The van der Waals surface area contributed by atoms with E-state index in [0.29, 0.717) is 5.69 Å². The smallest absolute Gasteiger partial charge is 0.293 e. The van der Waals surface area contributed by atoms with Gasteiger partial charge in [-0.3, -0.25) is 4.79 Å². The Hall–Kier alpha value is -2.43. The summed E-state index contributed by atoms with van der Waals surface area (Å²) in [5.41, 5.74) is 6.06. The highest BCUT2D eigenvalue weighted by atomic mass is 16.4. The number of phenolic OH excluding ortho intramolecular Hbond substituents is 1. The monoisotopic (exact) mass is 232 g/mol. The van der Waals surface area contributed by atoms with E-state index in [2.05, 4.69) is 0 Å². The second kappa shape index (κ2) is 4.21. The normalized spacial score (nSPS) is 10.2. The highest BCUT2D eigenvalue weighted by Crippen LogP contribution is 2.20. The quantitative estimate of drug-likeness (QED) is 0.828. The molecule has 0 aliphatic rings. The average molecular weight is 232 g/mol. The first-order valence-corrected chi connectivity index (χ1v) is 5.00. The molecule has 0 saturated heterocycles. The fourth-order valence-corrected chi connectivity index (χ4v) is 1.43. The highest BCUT2D eigenvalue weighted by Gasteiger charge is 2.16. The van der Waals surface area contributed by atoms with Crippen molar-refractivity contribution >= 4 is 17.5 Å². The largest absolute Gasteiger partial charge is 0.508 e. The standard InChI is InChI=1S/C12H12N2O3/c1-14(8-2-4-9(15)5-3-8)12(16)10-6-7-11(13)17-10/h2-7,15H,13H2,1H3. The van der Waals surface area contributed by atoms with Crippen molar-refractivity contribution in [3.8, 4) is 5.75 Å². The lowest BCUT2D eigenvalue weighted by Crippen LogP contribution is -2.25. The van der Waals surface area contributed by atoms with Crippen molar-refractivity contribution in [1.29, 1.82) is 0 Å². The third kappa shape index (κ3) is 2.23. The molecule has 5 heteroatoms. The fraction of sp³-hybridized carbons (Fsp3) is 0.0833. The topological polar surface area (TPSA) is 79.7 Å². The number of carbonyl (C=O) groups is 1. The Morgan fingerprint density at radius 1 is 1.24 bits per heavy atom. The Morgan fingerprint density at radius 3 is 2.41 bits per heavy atom. The predicted octanol–water partition coefficient (Wildman–Crippen LogP) is 1.84. The number of carbonyl (C=O) groups excluding carboxylic acids is 1. The number of nitrogens with two attached hydrogens (primary N) is 1. The number of nitrogens with zero attached hydrogens (tertiary/aromatic N) is 1. The van der Waals surface area contributed by atoms with Gasteiger partial charge in [-0.2, -0.15) is 0 Å². The predicted molar refractivity (Wildman–Crippen MR) is 64.0 cm³/mol. The maximum atomic E-state index is 12.0. The second-order valence-corrected chi connectivity index (χ2v) is 3.58. The minimum atomic E-state index is -0.299. The third-order valence-corrected chi connectivity index (χ3v) is 2.38. The van der Waals surface area contributed by atoms with Crippen LogP contribution in [0.4, 0.5) is 11.6 Å². The number of hydrogen-bond donors (Lipinski definition) is 2. The Balaban J connectivity index is 2.23. The SMILES string of the molecule is CN(C(=O)c1ccc(N)o1)c1ccc(O)cc1. The van der Waals surface area contributed by atoms with Crippen molar-refractivity contribution in [2.75, 3.05) is 17.7 Å². The van der Waals surface area contributed by atoms with Crippen LogP contribution in [0.3, 0.4) is 0 Å². The Kier molecular flexibility index (Phi) is 2.74. The summed E-state index contributed by atoms with van der Waals surface area (Å²) in [6.45, 7) is 0. The number of amides is 1. The molecule has 2 rings (SSSR count). The molecule has 88 valence electrons. The van der Waals surface area contributed by atoms with Crippen molar-refractivity contribution in [2.45, 2.75) is 0 Å². The van der Waals surface area contributed by atoms with Gasteiger partial charge in [-0.05, 0) is 30.3 Å². The van der Waals surface area contributed by atoms with E-state index < -0.39 is 0 Å². The van der Waals surface area contributed by atoms with Crippen LogP contribution in [-0.2, 0) is 0 Å². The summed E-state index contributed by atoms with van der Waals surface area (Å²) in [4.78, 5) is 13.4. The maximum Gasteiger partial charge on any atom is 0.293 e. The molecule has 2 aromatic rings. The van der Waals surface area contributed by atoms with E-state index in [1.165, 1.54) is 29.2 Å². The number of furan rings is 1. The number of benzene rings is 1. The van der Waals surface area contributed by atoms with Crippen molar-refractivity contribution < 1.29 is 14.3 Å². The van der Waals surface area contributed by atoms with Gasteiger partial charge in [-0.15, -0.1) is 0 Å². The molecule has 0 atom stereocenters. The lowest BCUT2D eigenvalue weighted by atomic mass is 10.2. The lowest BCUT2D eigenvalue weighted by molar-refractivity contribution is 0.0967. The summed E-state index contributed by atoms with van der Waals surface area (Å²) < 4.78 is 5.05.